The van der Waals surface area contributed by atoms with Gasteiger partial charge in [-0.05, 0) is 19.6 Å². The molecule has 4 nitrogen and oxygen atoms in total. The topological polar surface area (TPSA) is 66.4 Å². The summed E-state index contributed by atoms with van der Waals surface area (Å²) in [5.41, 5.74) is 0. The zero-order valence-electron chi connectivity index (χ0n) is 9.90. The van der Waals surface area contributed by atoms with Gasteiger partial charge in [0.2, 0.25) is 5.91 Å². The lowest BCUT2D eigenvalue weighted by atomic mass is 10.2. The van der Waals surface area contributed by atoms with E-state index in [0.29, 0.717) is 12.8 Å². The van der Waals surface area contributed by atoms with Crippen molar-refractivity contribution < 1.29 is 14.7 Å². The van der Waals surface area contributed by atoms with E-state index in [9.17, 15) is 9.59 Å². The molecule has 0 rings (SSSR count). The highest BCUT2D eigenvalue weighted by Crippen LogP contribution is 2.09. The molecular formula is C11H19NO3S. The van der Waals surface area contributed by atoms with E-state index in [2.05, 4.69) is 5.32 Å². The zero-order valence-corrected chi connectivity index (χ0v) is 10.7. The first-order valence-electron chi connectivity index (χ1n) is 5.17. The third-order valence-electron chi connectivity index (χ3n) is 2.12. The van der Waals surface area contributed by atoms with Gasteiger partial charge in [0.1, 0.15) is 6.04 Å². The van der Waals surface area contributed by atoms with Gasteiger partial charge in [0, 0.05) is 11.7 Å². The summed E-state index contributed by atoms with van der Waals surface area (Å²) in [5.74, 6) is -1.21. The molecule has 5 heteroatoms. The van der Waals surface area contributed by atoms with Crippen molar-refractivity contribution in [3.8, 4) is 0 Å². The van der Waals surface area contributed by atoms with Crippen LogP contribution in [0.25, 0.3) is 0 Å². The van der Waals surface area contributed by atoms with E-state index in [1.807, 2.05) is 20.1 Å². The summed E-state index contributed by atoms with van der Waals surface area (Å²) < 4.78 is 0. The molecule has 0 fully saturated rings. The van der Waals surface area contributed by atoms with Crippen molar-refractivity contribution in [1.82, 2.24) is 5.32 Å². The van der Waals surface area contributed by atoms with Crippen molar-refractivity contribution in [3.05, 3.63) is 12.2 Å². The summed E-state index contributed by atoms with van der Waals surface area (Å²) in [5, 5.41) is 11.6. The molecule has 0 bridgehead atoms. The van der Waals surface area contributed by atoms with Gasteiger partial charge in [-0.15, -0.1) is 0 Å². The molecule has 0 aromatic heterocycles. The minimum absolute atomic E-state index is 0.205. The van der Waals surface area contributed by atoms with Gasteiger partial charge in [0.05, 0.1) is 0 Å². The predicted molar refractivity (Wildman–Crippen MR) is 66.6 cm³/mol. The number of allylic oxidation sites excluding steroid dienone is 1. The van der Waals surface area contributed by atoms with Crippen LogP contribution in [0, 0.1) is 0 Å². The van der Waals surface area contributed by atoms with Crippen molar-refractivity contribution in [2.24, 2.45) is 0 Å². The molecule has 2 atom stereocenters. The highest BCUT2D eigenvalue weighted by Gasteiger charge is 2.19. The molecule has 2 N–H and O–H groups in total. The van der Waals surface area contributed by atoms with Crippen molar-refractivity contribution >= 4 is 23.6 Å². The van der Waals surface area contributed by atoms with E-state index in [1.165, 1.54) is 0 Å². The third-order valence-corrected chi connectivity index (χ3v) is 3.09. The van der Waals surface area contributed by atoms with Crippen LogP contribution in [0.4, 0.5) is 0 Å². The fourth-order valence-electron chi connectivity index (χ4n) is 1.09. The molecule has 0 aliphatic rings. The van der Waals surface area contributed by atoms with E-state index >= 15 is 0 Å². The summed E-state index contributed by atoms with van der Waals surface area (Å²) in [6.07, 6.45) is 6.10. The molecule has 92 valence electrons. The Bertz CT molecular complexity index is 266. The van der Waals surface area contributed by atoms with E-state index in [4.69, 9.17) is 5.11 Å². The van der Waals surface area contributed by atoms with Gasteiger partial charge in [-0.2, -0.15) is 11.8 Å². The maximum atomic E-state index is 11.5. The first-order chi connectivity index (χ1) is 7.51. The minimum atomic E-state index is -0.997. The number of hydrogen-bond acceptors (Lipinski definition) is 3. The van der Waals surface area contributed by atoms with Crippen molar-refractivity contribution in [3.63, 3.8) is 0 Å². The number of rotatable bonds is 7. The molecule has 0 radical (unpaired) electrons. The van der Waals surface area contributed by atoms with Gasteiger partial charge in [0.15, 0.2) is 0 Å². The second-order valence-corrected chi connectivity index (χ2v) is 4.79. The number of carbonyl (C=O) groups is 2. The van der Waals surface area contributed by atoms with Crippen molar-refractivity contribution in [1.29, 1.82) is 0 Å². The first kappa shape index (κ1) is 15.0. The molecule has 1 amide bonds. The smallest absolute Gasteiger partial charge is 0.326 e. The van der Waals surface area contributed by atoms with Crippen LogP contribution in [0.2, 0.25) is 0 Å². The summed E-state index contributed by atoms with van der Waals surface area (Å²) in [4.78, 5) is 22.3. The van der Waals surface area contributed by atoms with Crippen molar-refractivity contribution in [2.75, 3.05) is 6.26 Å². The molecule has 0 spiro atoms. The summed E-state index contributed by atoms with van der Waals surface area (Å²) in [7, 11) is 0. The Morgan fingerprint density at radius 2 is 2.12 bits per heavy atom. The molecule has 0 saturated heterocycles. The first-order valence-corrected chi connectivity index (χ1v) is 6.46. The lowest BCUT2D eigenvalue weighted by molar-refractivity contribution is -0.141. The molecule has 0 aromatic rings. The molecule has 0 saturated carbocycles. The van der Waals surface area contributed by atoms with Crippen LogP contribution in [-0.2, 0) is 9.59 Å². The highest BCUT2D eigenvalue weighted by molar-refractivity contribution is 7.99. The Hall–Kier alpha value is -0.970. The monoisotopic (exact) mass is 245 g/mol. The van der Waals surface area contributed by atoms with Crippen LogP contribution in [0.3, 0.4) is 0 Å². The molecular weight excluding hydrogens is 226 g/mol. The van der Waals surface area contributed by atoms with Gasteiger partial charge in [-0.25, -0.2) is 4.79 Å². The average Bonchev–Trinajstić information content (AvgIpc) is 2.23. The third kappa shape index (κ3) is 6.50. The highest BCUT2D eigenvalue weighted by atomic mass is 32.2. The fraction of sp³-hybridized carbons (Fsp3) is 0.636. The SMILES string of the molecule is C/C=C/CC(NC(=O)CC(C)SC)C(=O)O. The fourth-order valence-corrected chi connectivity index (χ4v) is 1.41. The number of nitrogens with one attached hydrogen (secondary N) is 1. The Balaban J connectivity index is 4.18. The van der Waals surface area contributed by atoms with Gasteiger partial charge >= 0.3 is 5.97 Å². The second kappa shape index (κ2) is 8.21. The number of thioether (sulfide) groups is 1. The molecule has 16 heavy (non-hydrogen) atoms. The van der Waals surface area contributed by atoms with Gasteiger partial charge in [-0.1, -0.05) is 19.1 Å². The summed E-state index contributed by atoms with van der Waals surface area (Å²) in [6.45, 7) is 3.75. The number of hydrogen-bond donors (Lipinski definition) is 2. The van der Waals surface area contributed by atoms with Crippen LogP contribution in [0.5, 0.6) is 0 Å². The number of carbonyl (C=O) groups excluding carboxylic acids is 1. The molecule has 0 aliphatic heterocycles. The van der Waals surface area contributed by atoms with Crippen LogP contribution in [-0.4, -0.2) is 34.5 Å². The zero-order chi connectivity index (χ0) is 12.6. The molecule has 0 aliphatic carbocycles. The number of carboxylic acid groups (broad SMARTS) is 1. The quantitative estimate of drug-likeness (QED) is 0.669. The van der Waals surface area contributed by atoms with E-state index in [1.54, 1.807) is 23.9 Å². The van der Waals surface area contributed by atoms with E-state index < -0.39 is 12.0 Å². The standard InChI is InChI=1S/C11H19NO3S/c1-4-5-6-9(11(14)15)12-10(13)7-8(2)16-3/h4-5,8-9H,6-7H2,1-3H3,(H,12,13)(H,14,15)/b5-4+. The number of carboxylic acids is 1. The van der Waals surface area contributed by atoms with Crippen LogP contribution < -0.4 is 5.32 Å². The van der Waals surface area contributed by atoms with Crippen LogP contribution >= 0.6 is 11.8 Å². The van der Waals surface area contributed by atoms with Gasteiger partial charge in [0.25, 0.3) is 0 Å². The van der Waals surface area contributed by atoms with Gasteiger partial charge < -0.3 is 10.4 Å². The Morgan fingerprint density at radius 1 is 1.50 bits per heavy atom. The predicted octanol–water partition coefficient (Wildman–Crippen LogP) is 1.66. The average molecular weight is 245 g/mol. The Morgan fingerprint density at radius 3 is 2.56 bits per heavy atom. The largest absolute Gasteiger partial charge is 0.480 e. The van der Waals surface area contributed by atoms with Crippen LogP contribution in [0.1, 0.15) is 26.7 Å². The Kier molecular flexibility index (Phi) is 7.72. The molecule has 0 aromatic carbocycles. The molecule has 2 unspecified atom stereocenters. The Labute approximate surface area is 100 Å². The van der Waals surface area contributed by atoms with E-state index in [0.717, 1.165) is 0 Å². The van der Waals surface area contributed by atoms with E-state index in [-0.39, 0.29) is 11.2 Å². The second-order valence-electron chi connectivity index (χ2n) is 3.51. The maximum Gasteiger partial charge on any atom is 0.326 e. The number of amides is 1. The van der Waals surface area contributed by atoms with Gasteiger partial charge in [-0.3, -0.25) is 4.79 Å². The maximum absolute atomic E-state index is 11.5. The lowest BCUT2D eigenvalue weighted by Crippen LogP contribution is -2.41. The normalized spacial score (nSPS) is 14.7. The minimum Gasteiger partial charge on any atom is -0.480 e. The van der Waals surface area contributed by atoms with Crippen LogP contribution in [0.15, 0.2) is 12.2 Å². The number of aliphatic carboxylic acids is 1. The summed E-state index contributed by atoms with van der Waals surface area (Å²) in [6, 6.07) is -0.822. The summed E-state index contributed by atoms with van der Waals surface area (Å²) >= 11 is 1.58. The van der Waals surface area contributed by atoms with Crippen molar-refractivity contribution in [2.45, 2.75) is 38.0 Å². The lowest BCUT2D eigenvalue weighted by Gasteiger charge is -2.14. The molecule has 0 heterocycles.